The molecule has 1 unspecified atom stereocenters. The van der Waals surface area contributed by atoms with E-state index in [2.05, 4.69) is 5.32 Å². The third-order valence-corrected chi connectivity index (χ3v) is 5.31. The molecule has 1 heterocycles. The van der Waals surface area contributed by atoms with Gasteiger partial charge >= 0.3 is 0 Å². The number of carbonyl (C=O) groups is 2. The Morgan fingerprint density at radius 3 is 2.62 bits per heavy atom. The standard InChI is InChI=1S/C22H24Cl2N2O6/c1-13(27)25-18-9-17(24)20(30-2)10-21(18)31-12-15(28)11-26-8-7-19(22(26)29)32-16-5-3-14(23)4-6-16/h3-6,9-10,15,19,28H,7-8,11-12H2,1-2H3,(H,25,27)/t15-,19?/m1/s1. The van der Waals surface area contributed by atoms with Crippen LogP contribution in [0.15, 0.2) is 36.4 Å². The molecule has 3 rings (SSSR count). The van der Waals surface area contributed by atoms with Crippen molar-refractivity contribution in [1.29, 1.82) is 0 Å². The summed E-state index contributed by atoms with van der Waals surface area (Å²) in [7, 11) is 1.46. The van der Waals surface area contributed by atoms with Crippen LogP contribution in [-0.2, 0) is 9.59 Å². The molecule has 1 saturated heterocycles. The fourth-order valence-electron chi connectivity index (χ4n) is 3.27. The van der Waals surface area contributed by atoms with Gasteiger partial charge in [-0.2, -0.15) is 0 Å². The molecule has 0 spiro atoms. The van der Waals surface area contributed by atoms with E-state index in [9.17, 15) is 14.7 Å². The van der Waals surface area contributed by atoms with Gasteiger partial charge in [0.2, 0.25) is 5.91 Å². The number of aliphatic hydroxyl groups is 1. The SMILES string of the molecule is COc1cc(OC[C@H](O)CN2CCC(Oc3ccc(Cl)cc3)C2=O)c(NC(C)=O)cc1Cl. The van der Waals surface area contributed by atoms with Gasteiger partial charge in [-0.1, -0.05) is 23.2 Å². The Labute approximate surface area is 196 Å². The van der Waals surface area contributed by atoms with Crippen molar-refractivity contribution in [3.05, 3.63) is 46.4 Å². The molecule has 8 nitrogen and oxygen atoms in total. The number of benzene rings is 2. The van der Waals surface area contributed by atoms with E-state index in [0.717, 1.165) is 0 Å². The molecule has 32 heavy (non-hydrogen) atoms. The Kier molecular flexibility index (Phi) is 8.06. The number of nitrogens with zero attached hydrogens (tertiary/aromatic N) is 1. The fraction of sp³-hybridized carbons (Fsp3) is 0.364. The Hall–Kier alpha value is -2.68. The summed E-state index contributed by atoms with van der Waals surface area (Å²) in [6.07, 6.45) is -1.06. The summed E-state index contributed by atoms with van der Waals surface area (Å²) in [5.41, 5.74) is 0.351. The zero-order valence-electron chi connectivity index (χ0n) is 17.6. The molecule has 0 aromatic heterocycles. The maximum atomic E-state index is 12.6. The number of ether oxygens (including phenoxy) is 3. The summed E-state index contributed by atoms with van der Waals surface area (Å²) in [6.45, 7) is 1.79. The van der Waals surface area contributed by atoms with E-state index in [-0.39, 0.29) is 30.7 Å². The predicted octanol–water partition coefficient (Wildman–Crippen LogP) is 3.38. The molecule has 1 aliphatic heterocycles. The number of hydrogen-bond acceptors (Lipinski definition) is 6. The average molecular weight is 483 g/mol. The zero-order valence-corrected chi connectivity index (χ0v) is 19.2. The number of anilines is 1. The number of halogens is 2. The first-order valence-corrected chi connectivity index (χ1v) is 10.7. The second-order valence-electron chi connectivity index (χ2n) is 7.26. The van der Waals surface area contributed by atoms with E-state index >= 15 is 0 Å². The van der Waals surface area contributed by atoms with Crippen LogP contribution in [0.4, 0.5) is 5.69 Å². The molecule has 1 aliphatic rings. The second-order valence-corrected chi connectivity index (χ2v) is 8.11. The van der Waals surface area contributed by atoms with Gasteiger partial charge in [0.25, 0.3) is 5.91 Å². The Bertz CT molecular complexity index is 970. The van der Waals surface area contributed by atoms with Crippen LogP contribution >= 0.6 is 23.2 Å². The number of carbonyl (C=O) groups excluding carboxylic acids is 2. The lowest BCUT2D eigenvalue weighted by molar-refractivity contribution is -0.134. The number of nitrogens with one attached hydrogen (secondary N) is 1. The highest BCUT2D eigenvalue weighted by molar-refractivity contribution is 6.32. The largest absolute Gasteiger partial charge is 0.495 e. The normalized spacial score (nSPS) is 16.6. The number of hydrogen-bond donors (Lipinski definition) is 2. The third-order valence-electron chi connectivity index (χ3n) is 4.77. The van der Waals surface area contributed by atoms with Gasteiger partial charge in [-0.3, -0.25) is 9.59 Å². The lowest BCUT2D eigenvalue weighted by Gasteiger charge is -2.22. The van der Waals surface area contributed by atoms with Crippen LogP contribution < -0.4 is 19.5 Å². The van der Waals surface area contributed by atoms with E-state index in [1.54, 1.807) is 24.3 Å². The van der Waals surface area contributed by atoms with Crippen molar-refractivity contribution in [3.63, 3.8) is 0 Å². The summed E-state index contributed by atoms with van der Waals surface area (Å²) >= 11 is 12.0. The summed E-state index contributed by atoms with van der Waals surface area (Å²) in [4.78, 5) is 25.6. The van der Waals surface area contributed by atoms with Crippen LogP contribution in [0.5, 0.6) is 17.2 Å². The molecule has 2 atom stereocenters. The van der Waals surface area contributed by atoms with E-state index in [0.29, 0.717) is 40.2 Å². The molecule has 0 radical (unpaired) electrons. The van der Waals surface area contributed by atoms with E-state index < -0.39 is 12.2 Å². The van der Waals surface area contributed by atoms with Gasteiger partial charge in [-0.15, -0.1) is 0 Å². The molecule has 2 amide bonds. The molecule has 10 heteroatoms. The van der Waals surface area contributed by atoms with Crippen LogP contribution in [0.25, 0.3) is 0 Å². The first kappa shape index (κ1) is 24.0. The van der Waals surface area contributed by atoms with Gasteiger partial charge in [0, 0.05) is 31.0 Å². The molecule has 0 aliphatic carbocycles. The summed E-state index contributed by atoms with van der Waals surface area (Å²) in [6, 6.07) is 9.82. The van der Waals surface area contributed by atoms with Gasteiger partial charge in [-0.05, 0) is 30.3 Å². The lowest BCUT2D eigenvalue weighted by Crippen LogP contribution is -2.39. The smallest absolute Gasteiger partial charge is 0.263 e. The topological polar surface area (TPSA) is 97.3 Å². The molecule has 2 aromatic rings. The van der Waals surface area contributed by atoms with Gasteiger partial charge in [-0.25, -0.2) is 0 Å². The van der Waals surface area contributed by atoms with Crippen molar-refractivity contribution in [2.24, 2.45) is 0 Å². The van der Waals surface area contributed by atoms with Crippen LogP contribution in [0.3, 0.4) is 0 Å². The Balaban J connectivity index is 1.57. The number of methoxy groups -OCH3 is 1. The maximum absolute atomic E-state index is 12.6. The van der Waals surface area contributed by atoms with Crippen molar-refractivity contribution in [2.45, 2.75) is 25.6 Å². The third kappa shape index (κ3) is 6.18. The van der Waals surface area contributed by atoms with Crippen molar-refractivity contribution >= 4 is 40.7 Å². The van der Waals surface area contributed by atoms with Gasteiger partial charge in [0.15, 0.2) is 6.10 Å². The van der Waals surface area contributed by atoms with E-state index in [1.807, 2.05) is 0 Å². The number of rotatable bonds is 9. The van der Waals surface area contributed by atoms with Gasteiger partial charge in [0.05, 0.1) is 24.4 Å². The summed E-state index contributed by atoms with van der Waals surface area (Å²) in [5, 5.41) is 13.9. The highest BCUT2D eigenvalue weighted by Crippen LogP contribution is 2.36. The minimum atomic E-state index is -0.958. The van der Waals surface area contributed by atoms with Crippen molar-refractivity contribution in [1.82, 2.24) is 4.90 Å². The van der Waals surface area contributed by atoms with Crippen LogP contribution in [0.2, 0.25) is 10.0 Å². The van der Waals surface area contributed by atoms with Crippen molar-refractivity contribution < 1.29 is 28.9 Å². The Morgan fingerprint density at radius 2 is 1.97 bits per heavy atom. The fourth-order valence-corrected chi connectivity index (χ4v) is 3.64. The zero-order chi connectivity index (χ0) is 23.3. The number of likely N-dealkylation sites (tertiary alicyclic amines) is 1. The lowest BCUT2D eigenvalue weighted by atomic mass is 10.2. The number of β-amino-alcohol motifs (C(OH)–C–C–N with tert-alkyl or cyclic N) is 1. The van der Waals surface area contributed by atoms with Crippen LogP contribution in [0, 0.1) is 0 Å². The van der Waals surface area contributed by atoms with Crippen molar-refractivity contribution in [3.8, 4) is 17.2 Å². The molecule has 0 saturated carbocycles. The Morgan fingerprint density at radius 1 is 1.25 bits per heavy atom. The minimum absolute atomic E-state index is 0.0828. The summed E-state index contributed by atoms with van der Waals surface area (Å²) < 4.78 is 16.6. The van der Waals surface area contributed by atoms with Crippen molar-refractivity contribution in [2.75, 3.05) is 32.1 Å². The monoisotopic (exact) mass is 482 g/mol. The predicted molar refractivity (Wildman–Crippen MR) is 121 cm³/mol. The first-order valence-electron chi connectivity index (χ1n) is 9.93. The molecule has 2 aromatic carbocycles. The maximum Gasteiger partial charge on any atom is 0.263 e. The molecule has 2 N–H and O–H groups in total. The van der Waals surface area contributed by atoms with Gasteiger partial charge < -0.3 is 29.5 Å². The number of amides is 2. The molecule has 0 bridgehead atoms. The quantitative estimate of drug-likeness (QED) is 0.568. The molecular formula is C22H24Cl2N2O6. The highest BCUT2D eigenvalue weighted by Gasteiger charge is 2.34. The highest BCUT2D eigenvalue weighted by atomic mass is 35.5. The first-order chi connectivity index (χ1) is 15.3. The van der Waals surface area contributed by atoms with E-state index in [1.165, 1.54) is 31.1 Å². The van der Waals surface area contributed by atoms with E-state index in [4.69, 9.17) is 37.4 Å². The second kappa shape index (κ2) is 10.8. The number of aliphatic hydroxyl groups excluding tert-OH is 1. The van der Waals surface area contributed by atoms with Crippen LogP contribution in [-0.4, -0.2) is 60.8 Å². The summed E-state index contributed by atoms with van der Waals surface area (Å²) in [5.74, 6) is 0.706. The average Bonchev–Trinajstić information content (AvgIpc) is 3.08. The molecule has 172 valence electrons. The minimum Gasteiger partial charge on any atom is -0.495 e. The van der Waals surface area contributed by atoms with Gasteiger partial charge in [0.1, 0.15) is 30.0 Å². The van der Waals surface area contributed by atoms with Crippen LogP contribution in [0.1, 0.15) is 13.3 Å². The molecular weight excluding hydrogens is 459 g/mol. The molecule has 1 fully saturated rings.